The van der Waals surface area contributed by atoms with Gasteiger partial charge in [0.25, 0.3) is 5.91 Å². The Morgan fingerprint density at radius 2 is 1.48 bits per heavy atom. The zero-order chi connectivity index (χ0) is 21.2. The summed E-state index contributed by atoms with van der Waals surface area (Å²) in [6.45, 7) is 1.82. The van der Waals surface area contributed by atoms with E-state index in [9.17, 15) is 4.79 Å². The molecule has 0 fully saturated rings. The smallest absolute Gasteiger partial charge is 0.267 e. The maximum atomic E-state index is 11.9. The Hall–Kier alpha value is -4.25. The summed E-state index contributed by atoms with van der Waals surface area (Å²) in [6, 6.07) is 30.5. The van der Waals surface area contributed by atoms with Crippen LogP contribution in [0.3, 0.4) is 0 Å². The number of carbonyl (C=O) groups excluding carboxylic acids is 1. The van der Waals surface area contributed by atoms with E-state index in [1.165, 1.54) is 0 Å². The molecule has 2 heterocycles. The molecule has 4 aromatic rings. The van der Waals surface area contributed by atoms with Crippen molar-refractivity contribution in [1.29, 1.82) is 0 Å². The Labute approximate surface area is 180 Å². The number of hydrogen-bond acceptors (Lipinski definition) is 3. The molecule has 31 heavy (non-hydrogen) atoms. The molecular formula is C26H20N4O. The van der Waals surface area contributed by atoms with Crippen LogP contribution in [0, 0.1) is 0 Å². The van der Waals surface area contributed by atoms with Gasteiger partial charge in [0.15, 0.2) is 0 Å². The highest BCUT2D eigenvalue weighted by atomic mass is 16.2. The van der Waals surface area contributed by atoms with Crippen LogP contribution in [0.1, 0.15) is 12.5 Å². The normalized spacial score (nSPS) is 14.5. The average Bonchev–Trinajstić information content (AvgIpc) is 3.40. The van der Waals surface area contributed by atoms with E-state index in [-0.39, 0.29) is 5.91 Å². The molecule has 1 aromatic heterocycles. The molecule has 0 saturated carbocycles. The topological polar surface area (TPSA) is 59.3 Å². The summed E-state index contributed by atoms with van der Waals surface area (Å²) < 4.78 is 1.96. The average molecular weight is 404 g/mol. The number of aromatic nitrogens is 2. The Balaban J connectivity index is 1.56. The van der Waals surface area contributed by atoms with Crippen molar-refractivity contribution in [3.63, 3.8) is 0 Å². The van der Waals surface area contributed by atoms with Crippen molar-refractivity contribution in [1.82, 2.24) is 15.2 Å². The van der Waals surface area contributed by atoms with Gasteiger partial charge in [-0.3, -0.25) is 4.79 Å². The minimum Gasteiger partial charge on any atom is -0.267 e. The molecule has 1 amide bonds. The molecule has 1 aliphatic rings. The molecular weight excluding hydrogens is 384 g/mol. The Bertz CT molecular complexity index is 1300. The molecule has 0 radical (unpaired) electrons. The molecule has 1 N–H and O–H groups in total. The number of amides is 1. The molecule has 0 saturated heterocycles. The van der Waals surface area contributed by atoms with Gasteiger partial charge >= 0.3 is 0 Å². The van der Waals surface area contributed by atoms with Gasteiger partial charge in [0.1, 0.15) is 0 Å². The van der Waals surface area contributed by atoms with Gasteiger partial charge in [-0.05, 0) is 36.8 Å². The number of benzene rings is 3. The summed E-state index contributed by atoms with van der Waals surface area (Å²) >= 11 is 0. The van der Waals surface area contributed by atoms with Gasteiger partial charge in [-0.25, -0.2) is 10.1 Å². The number of carbonyl (C=O) groups is 1. The van der Waals surface area contributed by atoms with E-state index in [1.54, 1.807) is 0 Å². The highest BCUT2D eigenvalue weighted by Crippen LogP contribution is 2.29. The van der Waals surface area contributed by atoms with Crippen LogP contribution in [-0.2, 0) is 4.79 Å². The number of nitrogens with zero attached hydrogens (tertiary/aromatic N) is 3. The maximum absolute atomic E-state index is 11.9. The van der Waals surface area contributed by atoms with Crippen LogP contribution in [0.5, 0.6) is 0 Å². The van der Waals surface area contributed by atoms with Crippen molar-refractivity contribution in [3.8, 4) is 28.2 Å². The number of hydrogen-bond donors (Lipinski definition) is 1. The fourth-order valence-corrected chi connectivity index (χ4v) is 3.61. The summed E-state index contributed by atoms with van der Waals surface area (Å²) in [5.41, 5.74) is 9.75. The lowest BCUT2D eigenvalue weighted by Crippen LogP contribution is -2.12. The molecule has 3 aromatic carbocycles. The summed E-state index contributed by atoms with van der Waals surface area (Å²) in [4.78, 5) is 11.9. The third-order valence-electron chi connectivity index (χ3n) is 5.26. The number of nitrogens with one attached hydrogen (secondary N) is 1. The number of hydrazone groups is 1. The van der Waals surface area contributed by atoms with Gasteiger partial charge in [-0.2, -0.15) is 10.2 Å². The zero-order valence-corrected chi connectivity index (χ0v) is 17.0. The van der Waals surface area contributed by atoms with Crippen LogP contribution in [0.25, 0.3) is 34.3 Å². The first-order valence-corrected chi connectivity index (χ1v) is 10.1. The minimum atomic E-state index is -0.174. The summed E-state index contributed by atoms with van der Waals surface area (Å²) in [5.74, 6) is -0.174. The van der Waals surface area contributed by atoms with Crippen molar-refractivity contribution in [3.05, 3.63) is 102 Å². The lowest BCUT2D eigenvalue weighted by Gasteiger charge is -2.08. The quantitative estimate of drug-likeness (QED) is 0.481. The minimum absolute atomic E-state index is 0.174. The van der Waals surface area contributed by atoms with E-state index in [0.717, 1.165) is 33.8 Å². The van der Waals surface area contributed by atoms with Gasteiger partial charge < -0.3 is 0 Å². The van der Waals surface area contributed by atoms with Gasteiger partial charge in [-0.15, -0.1) is 0 Å². The molecule has 1 aliphatic heterocycles. The predicted molar refractivity (Wildman–Crippen MR) is 124 cm³/mol. The fraction of sp³-hybridized carbons (Fsp3) is 0.0385. The molecule has 150 valence electrons. The van der Waals surface area contributed by atoms with Crippen molar-refractivity contribution in [2.75, 3.05) is 0 Å². The van der Waals surface area contributed by atoms with E-state index in [4.69, 9.17) is 5.10 Å². The molecule has 0 bridgehead atoms. The summed E-state index contributed by atoms with van der Waals surface area (Å²) in [5, 5.41) is 8.87. The van der Waals surface area contributed by atoms with Crippen molar-refractivity contribution in [2.45, 2.75) is 6.92 Å². The molecule has 0 spiro atoms. The largest absolute Gasteiger partial charge is 0.273 e. The Kier molecular flexibility index (Phi) is 4.77. The van der Waals surface area contributed by atoms with Crippen LogP contribution < -0.4 is 5.43 Å². The summed E-state index contributed by atoms with van der Waals surface area (Å²) in [7, 11) is 0. The van der Waals surface area contributed by atoms with Crippen molar-refractivity contribution < 1.29 is 4.79 Å². The highest BCUT2D eigenvalue weighted by molar-refractivity contribution is 6.26. The van der Waals surface area contributed by atoms with Crippen molar-refractivity contribution >= 4 is 17.7 Å². The van der Waals surface area contributed by atoms with Crippen LogP contribution in [0.2, 0.25) is 0 Å². The van der Waals surface area contributed by atoms with Gasteiger partial charge in [0.2, 0.25) is 0 Å². The van der Waals surface area contributed by atoms with Crippen LogP contribution in [0.4, 0.5) is 0 Å². The van der Waals surface area contributed by atoms with Gasteiger partial charge in [0, 0.05) is 11.1 Å². The molecule has 5 nitrogen and oxygen atoms in total. The lowest BCUT2D eigenvalue weighted by molar-refractivity contribution is -0.116. The molecule has 5 rings (SSSR count). The zero-order valence-electron chi connectivity index (χ0n) is 17.0. The van der Waals surface area contributed by atoms with Gasteiger partial charge in [-0.1, -0.05) is 72.8 Å². The first kappa shape index (κ1) is 18.8. The van der Waals surface area contributed by atoms with E-state index in [0.29, 0.717) is 11.3 Å². The Morgan fingerprint density at radius 3 is 2.10 bits per heavy atom. The predicted octanol–water partition coefficient (Wildman–Crippen LogP) is 5.10. The van der Waals surface area contributed by atoms with Gasteiger partial charge in [0.05, 0.1) is 28.4 Å². The molecule has 0 unspecified atom stereocenters. The van der Waals surface area contributed by atoms with E-state index in [2.05, 4.69) is 40.9 Å². The first-order valence-electron chi connectivity index (χ1n) is 10.1. The SMILES string of the molecule is CC1=NNC(=O)/C1=C\c1ccc(-n2nc(-c3ccccc3)cc2-c2ccccc2)cc1. The maximum Gasteiger partial charge on any atom is 0.273 e. The molecule has 5 heteroatoms. The van der Waals surface area contributed by atoms with E-state index >= 15 is 0 Å². The third kappa shape index (κ3) is 3.69. The second kappa shape index (κ2) is 7.88. The van der Waals surface area contributed by atoms with Crippen molar-refractivity contribution in [2.24, 2.45) is 5.10 Å². The molecule has 0 aliphatic carbocycles. The van der Waals surface area contributed by atoms with Crippen LogP contribution in [0.15, 0.2) is 102 Å². The fourth-order valence-electron chi connectivity index (χ4n) is 3.61. The van der Waals surface area contributed by atoms with E-state index in [1.807, 2.05) is 78.3 Å². The monoisotopic (exact) mass is 404 g/mol. The van der Waals surface area contributed by atoms with Crippen LogP contribution in [-0.4, -0.2) is 21.4 Å². The van der Waals surface area contributed by atoms with Crippen LogP contribution >= 0.6 is 0 Å². The lowest BCUT2D eigenvalue weighted by atomic mass is 10.1. The second-order valence-electron chi connectivity index (χ2n) is 7.35. The second-order valence-corrected chi connectivity index (χ2v) is 7.35. The van der Waals surface area contributed by atoms with E-state index < -0.39 is 0 Å². The molecule has 0 atom stereocenters. The summed E-state index contributed by atoms with van der Waals surface area (Å²) in [6.07, 6.45) is 1.85. The Morgan fingerprint density at radius 1 is 0.839 bits per heavy atom. The highest BCUT2D eigenvalue weighted by Gasteiger charge is 2.18. The standard InChI is InChI=1S/C26H20N4O/c1-18-23(26(31)28-27-18)16-19-12-14-22(15-13-19)30-25(21-10-6-3-7-11-21)17-24(29-30)20-8-4-2-5-9-20/h2-17H,1H3,(H,28,31)/b23-16-. The number of rotatable bonds is 4. The third-order valence-corrected chi connectivity index (χ3v) is 5.26. The first-order chi connectivity index (χ1) is 15.2.